The number of hydrogen-bond donors (Lipinski definition) is 2. The Morgan fingerprint density at radius 1 is 1.04 bits per heavy atom. The van der Waals surface area contributed by atoms with Gasteiger partial charge in [-0.2, -0.15) is 0 Å². The first kappa shape index (κ1) is 17.5. The number of aryl methyl sites for hydroxylation is 2. The van der Waals surface area contributed by atoms with Crippen molar-refractivity contribution in [2.24, 2.45) is 0 Å². The zero-order chi connectivity index (χ0) is 17.5. The minimum atomic E-state index is -0.401. The molecule has 0 atom stereocenters. The van der Waals surface area contributed by atoms with E-state index < -0.39 is 5.97 Å². The lowest BCUT2D eigenvalue weighted by atomic mass is 10.1. The highest BCUT2D eigenvalue weighted by atomic mass is 16.5. The summed E-state index contributed by atoms with van der Waals surface area (Å²) in [6.45, 7) is 4.56. The van der Waals surface area contributed by atoms with Crippen molar-refractivity contribution >= 4 is 17.6 Å². The monoisotopic (exact) mass is 326 g/mol. The summed E-state index contributed by atoms with van der Waals surface area (Å²) in [5.74, 6) is -0.514. The van der Waals surface area contributed by atoms with Crippen LogP contribution in [0.3, 0.4) is 0 Å². The number of nitrogens with one attached hydrogen (secondary N) is 2. The third-order valence-electron chi connectivity index (χ3n) is 3.71. The molecule has 2 rings (SSSR count). The third-order valence-corrected chi connectivity index (χ3v) is 3.71. The highest BCUT2D eigenvalue weighted by Gasteiger charge is 2.09. The van der Waals surface area contributed by atoms with Gasteiger partial charge in [-0.25, -0.2) is 4.79 Å². The minimum absolute atomic E-state index is 0.113. The summed E-state index contributed by atoms with van der Waals surface area (Å²) in [7, 11) is 1.34. The molecule has 1 amide bonds. The van der Waals surface area contributed by atoms with Crippen LogP contribution in [0.5, 0.6) is 0 Å². The molecule has 0 aliphatic heterocycles. The Kier molecular flexibility index (Phi) is 5.95. The molecule has 2 N–H and O–H groups in total. The fourth-order valence-corrected chi connectivity index (χ4v) is 2.20. The fourth-order valence-electron chi connectivity index (χ4n) is 2.20. The Balaban J connectivity index is 1.89. The number of ether oxygens (including phenoxy) is 1. The van der Waals surface area contributed by atoms with E-state index >= 15 is 0 Å². The molecular formula is C19H22N2O3. The Hall–Kier alpha value is -2.82. The molecule has 0 aliphatic rings. The van der Waals surface area contributed by atoms with Crippen LogP contribution in [-0.2, 0) is 16.1 Å². The summed E-state index contributed by atoms with van der Waals surface area (Å²) in [5.41, 5.74) is 4.38. The molecule has 5 nitrogen and oxygen atoms in total. The van der Waals surface area contributed by atoms with Gasteiger partial charge in [0, 0.05) is 12.2 Å². The summed E-state index contributed by atoms with van der Waals surface area (Å²) in [4.78, 5) is 23.5. The zero-order valence-corrected chi connectivity index (χ0v) is 14.2. The van der Waals surface area contributed by atoms with Crippen LogP contribution in [0.15, 0.2) is 42.5 Å². The minimum Gasteiger partial charge on any atom is -0.465 e. The van der Waals surface area contributed by atoms with Gasteiger partial charge < -0.3 is 15.4 Å². The average molecular weight is 326 g/mol. The largest absolute Gasteiger partial charge is 0.465 e. The fraction of sp³-hybridized carbons (Fsp3) is 0.263. The molecule has 0 radical (unpaired) electrons. The van der Waals surface area contributed by atoms with E-state index in [0.717, 1.165) is 16.8 Å². The van der Waals surface area contributed by atoms with Crippen LogP contribution in [0.1, 0.15) is 27.0 Å². The standard InChI is InChI=1S/C19H22N2O3/c1-13-4-7-15(8-5-13)11-21-18(22)12-20-17-10-16(19(23)24-3)9-6-14(17)2/h4-10,20H,11-12H2,1-3H3,(H,21,22). The Morgan fingerprint density at radius 3 is 2.42 bits per heavy atom. The van der Waals surface area contributed by atoms with Crippen LogP contribution in [0.25, 0.3) is 0 Å². The van der Waals surface area contributed by atoms with Crippen molar-refractivity contribution in [2.45, 2.75) is 20.4 Å². The third kappa shape index (κ3) is 4.84. The van der Waals surface area contributed by atoms with Gasteiger partial charge in [0.25, 0.3) is 0 Å². The SMILES string of the molecule is COC(=O)c1ccc(C)c(NCC(=O)NCc2ccc(C)cc2)c1. The van der Waals surface area contributed by atoms with Crippen LogP contribution in [-0.4, -0.2) is 25.5 Å². The number of esters is 1. The van der Waals surface area contributed by atoms with Gasteiger partial charge in [0.1, 0.15) is 0 Å². The summed E-state index contributed by atoms with van der Waals surface area (Å²) in [6, 6.07) is 13.2. The highest BCUT2D eigenvalue weighted by molar-refractivity contribution is 5.91. The van der Waals surface area contributed by atoms with Crippen molar-refractivity contribution in [3.8, 4) is 0 Å². The lowest BCUT2D eigenvalue weighted by Gasteiger charge is -2.11. The van der Waals surface area contributed by atoms with E-state index in [0.29, 0.717) is 12.1 Å². The average Bonchev–Trinajstić information content (AvgIpc) is 2.59. The molecule has 2 aromatic carbocycles. The Morgan fingerprint density at radius 2 is 1.75 bits per heavy atom. The second-order valence-corrected chi connectivity index (χ2v) is 5.64. The van der Waals surface area contributed by atoms with E-state index in [1.54, 1.807) is 12.1 Å². The van der Waals surface area contributed by atoms with Gasteiger partial charge in [0.05, 0.1) is 19.2 Å². The molecule has 24 heavy (non-hydrogen) atoms. The smallest absolute Gasteiger partial charge is 0.337 e. The second kappa shape index (κ2) is 8.15. The van der Waals surface area contributed by atoms with Crippen molar-refractivity contribution in [3.63, 3.8) is 0 Å². The van der Waals surface area contributed by atoms with Crippen molar-refractivity contribution in [3.05, 3.63) is 64.7 Å². The highest BCUT2D eigenvalue weighted by Crippen LogP contribution is 2.17. The number of rotatable bonds is 6. The van der Waals surface area contributed by atoms with Gasteiger partial charge >= 0.3 is 5.97 Å². The maximum Gasteiger partial charge on any atom is 0.337 e. The number of carbonyl (C=O) groups is 2. The van der Waals surface area contributed by atoms with E-state index in [1.807, 2.05) is 44.2 Å². The van der Waals surface area contributed by atoms with Crippen LogP contribution in [0, 0.1) is 13.8 Å². The van der Waals surface area contributed by atoms with Crippen molar-refractivity contribution in [2.75, 3.05) is 19.0 Å². The maximum absolute atomic E-state index is 12.0. The molecule has 0 fully saturated rings. The zero-order valence-electron chi connectivity index (χ0n) is 14.2. The number of amides is 1. The van der Waals surface area contributed by atoms with Crippen molar-refractivity contribution in [1.29, 1.82) is 0 Å². The summed E-state index contributed by atoms with van der Waals surface area (Å²) >= 11 is 0. The second-order valence-electron chi connectivity index (χ2n) is 5.64. The van der Waals surface area contributed by atoms with Gasteiger partial charge in [-0.05, 0) is 37.1 Å². The number of anilines is 1. The quantitative estimate of drug-likeness (QED) is 0.801. The molecule has 126 valence electrons. The van der Waals surface area contributed by atoms with E-state index in [1.165, 1.54) is 12.7 Å². The summed E-state index contributed by atoms with van der Waals surface area (Å²) in [5, 5.41) is 5.92. The van der Waals surface area contributed by atoms with Gasteiger partial charge in [0.15, 0.2) is 0 Å². The lowest BCUT2D eigenvalue weighted by molar-refractivity contribution is -0.119. The Labute approximate surface area is 142 Å². The molecule has 0 unspecified atom stereocenters. The molecule has 0 aromatic heterocycles. The Bertz CT molecular complexity index is 724. The molecule has 0 saturated carbocycles. The molecule has 0 bridgehead atoms. The molecule has 5 heteroatoms. The van der Waals surface area contributed by atoms with Crippen LogP contribution in [0.4, 0.5) is 5.69 Å². The topological polar surface area (TPSA) is 67.4 Å². The first-order chi connectivity index (χ1) is 11.5. The summed E-state index contributed by atoms with van der Waals surface area (Å²) in [6.07, 6.45) is 0. The van der Waals surface area contributed by atoms with Gasteiger partial charge in [-0.15, -0.1) is 0 Å². The van der Waals surface area contributed by atoms with Crippen molar-refractivity contribution in [1.82, 2.24) is 5.32 Å². The van der Waals surface area contributed by atoms with Gasteiger partial charge in [-0.3, -0.25) is 4.79 Å². The number of carbonyl (C=O) groups excluding carboxylic acids is 2. The van der Waals surface area contributed by atoms with Crippen LogP contribution < -0.4 is 10.6 Å². The molecule has 0 spiro atoms. The number of methoxy groups -OCH3 is 1. The normalized spacial score (nSPS) is 10.1. The van der Waals surface area contributed by atoms with Gasteiger partial charge in [-0.1, -0.05) is 35.9 Å². The molecule has 0 heterocycles. The number of benzene rings is 2. The predicted molar refractivity (Wildman–Crippen MR) is 94.0 cm³/mol. The van der Waals surface area contributed by atoms with Gasteiger partial charge in [0.2, 0.25) is 5.91 Å². The maximum atomic E-state index is 12.0. The van der Waals surface area contributed by atoms with E-state index in [4.69, 9.17) is 4.74 Å². The summed E-state index contributed by atoms with van der Waals surface area (Å²) < 4.78 is 4.71. The van der Waals surface area contributed by atoms with E-state index in [-0.39, 0.29) is 12.5 Å². The first-order valence-corrected chi connectivity index (χ1v) is 7.74. The lowest BCUT2D eigenvalue weighted by Crippen LogP contribution is -2.29. The number of hydrogen-bond acceptors (Lipinski definition) is 4. The molecule has 2 aromatic rings. The predicted octanol–water partition coefficient (Wildman–Crippen LogP) is 2.82. The first-order valence-electron chi connectivity index (χ1n) is 7.74. The molecular weight excluding hydrogens is 304 g/mol. The molecule has 0 saturated heterocycles. The van der Waals surface area contributed by atoms with Crippen molar-refractivity contribution < 1.29 is 14.3 Å². The van der Waals surface area contributed by atoms with Crippen LogP contribution >= 0.6 is 0 Å². The van der Waals surface area contributed by atoms with E-state index in [9.17, 15) is 9.59 Å². The van der Waals surface area contributed by atoms with E-state index in [2.05, 4.69) is 10.6 Å². The molecule has 0 aliphatic carbocycles. The van der Waals surface area contributed by atoms with Crippen LogP contribution in [0.2, 0.25) is 0 Å².